The summed E-state index contributed by atoms with van der Waals surface area (Å²) in [5, 5.41) is 3.88. The molecule has 1 aliphatic rings. The Kier molecular flexibility index (Phi) is 5.85. The summed E-state index contributed by atoms with van der Waals surface area (Å²) in [4.78, 5) is 4.35. The van der Waals surface area contributed by atoms with E-state index < -0.39 is 13.0 Å². The van der Waals surface area contributed by atoms with E-state index in [1.54, 1.807) is 0 Å². The third-order valence-corrected chi connectivity index (χ3v) is 3.73. The average Bonchev–Trinajstić information content (AvgIpc) is 2.92. The monoisotopic (exact) mass is 289 g/mol. The summed E-state index contributed by atoms with van der Waals surface area (Å²) in [6.07, 6.45) is 2.40. The van der Waals surface area contributed by atoms with Crippen LogP contribution in [0.3, 0.4) is 0 Å². The maximum absolute atomic E-state index is 11.9. The standard InChI is InChI=1S/C13H21F2N3O2/c14-11(15)8-19-6-5-12-17-13(20-18-12)10-4-2-1-3-9(10)7-16/h9-11H,1-8,16H2. The molecular weight excluding hydrogens is 268 g/mol. The zero-order valence-electron chi connectivity index (χ0n) is 11.4. The molecule has 0 spiro atoms. The van der Waals surface area contributed by atoms with Crippen LogP contribution in [0.5, 0.6) is 0 Å². The third kappa shape index (κ3) is 4.21. The number of halogens is 2. The van der Waals surface area contributed by atoms with E-state index in [1.165, 1.54) is 6.42 Å². The highest BCUT2D eigenvalue weighted by molar-refractivity contribution is 4.99. The van der Waals surface area contributed by atoms with Gasteiger partial charge in [-0.25, -0.2) is 8.78 Å². The van der Waals surface area contributed by atoms with Crippen LogP contribution in [-0.4, -0.2) is 36.3 Å². The van der Waals surface area contributed by atoms with Gasteiger partial charge in [0, 0.05) is 12.3 Å². The molecular formula is C13H21F2N3O2. The van der Waals surface area contributed by atoms with Gasteiger partial charge in [-0.1, -0.05) is 18.0 Å². The van der Waals surface area contributed by atoms with Crippen LogP contribution in [0.4, 0.5) is 8.78 Å². The van der Waals surface area contributed by atoms with Crippen LogP contribution >= 0.6 is 0 Å². The van der Waals surface area contributed by atoms with Gasteiger partial charge in [0.1, 0.15) is 6.61 Å². The molecule has 1 heterocycles. The van der Waals surface area contributed by atoms with E-state index >= 15 is 0 Å². The molecule has 0 saturated heterocycles. The van der Waals surface area contributed by atoms with Crippen LogP contribution in [0.1, 0.15) is 43.3 Å². The van der Waals surface area contributed by atoms with E-state index in [-0.39, 0.29) is 12.5 Å². The minimum absolute atomic E-state index is 0.175. The van der Waals surface area contributed by atoms with Crippen molar-refractivity contribution in [3.63, 3.8) is 0 Å². The maximum atomic E-state index is 11.9. The minimum Gasteiger partial charge on any atom is -0.375 e. The van der Waals surface area contributed by atoms with Gasteiger partial charge in [-0.2, -0.15) is 4.98 Å². The van der Waals surface area contributed by atoms with Crippen molar-refractivity contribution < 1.29 is 18.0 Å². The van der Waals surface area contributed by atoms with Crippen LogP contribution in [0.15, 0.2) is 4.52 Å². The van der Waals surface area contributed by atoms with Crippen molar-refractivity contribution in [3.8, 4) is 0 Å². The number of rotatable bonds is 7. The molecule has 2 N–H and O–H groups in total. The van der Waals surface area contributed by atoms with Crippen LogP contribution in [0.25, 0.3) is 0 Å². The van der Waals surface area contributed by atoms with E-state index in [2.05, 4.69) is 10.1 Å². The smallest absolute Gasteiger partial charge is 0.261 e. The Balaban J connectivity index is 1.84. The molecule has 1 saturated carbocycles. The van der Waals surface area contributed by atoms with Crippen molar-refractivity contribution in [2.24, 2.45) is 11.7 Å². The van der Waals surface area contributed by atoms with Gasteiger partial charge in [0.25, 0.3) is 6.43 Å². The topological polar surface area (TPSA) is 74.2 Å². The van der Waals surface area contributed by atoms with Crippen LogP contribution in [0.2, 0.25) is 0 Å². The molecule has 0 bridgehead atoms. The van der Waals surface area contributed by atoms with Gasteiger partial charge in [0.15, 0.2) is 5.82 Å². The highest BCUT2D eigenvalue weighted by atomic mass is 19.3. The van der Waals surface area contributed by atoms with E-state index in [4.69, 9.17) is 15.0 Å². The molecule has 1 aromatic rings. The first-order valence-electron chi connectivity index (χ1n) is 7.09. The van der Waals surface area contributed by atoms with Crippen molar-refractivity contribution in [2.45, 2.75) is 44.4 Å². The van der Waals surface area contributed by atoms with Gasteiger partial charge in [-0.15, -0.1) is 0 Å². The summed E-state index contributed by atoms with van der Waals surface area (Å²) < 4.78 is 33.9. The normalized spacial score (nSPS) is 23.4. The fourth-order valence-corrected chi connectivity index (χ4v) is 2.67. The zero-order chi connectivity index (χ0) is 14.4. The van der Waals surface area contributed by atoms with Gasteiger partial charge in [0.2, 0.25) is 5.89 Å². The van der Waals surface area contributed by atoms with Crippen LogP contribution in [-0.2, 0) is 11.2 Å². The first-order valence-corrected chi connectivity index (χ1v) is 7.09. The zero-order valence-corrected chi connectivity index (χ0v) is 11.4. The van der Waals surface area contributed by atoms with Crippen molar-refractivity contribution in [2.75, 3.05) is 19.8 Å². The Morgan fingerprint density at radius 3 is 2.90 bits per heavy atom. The summed E-state index contributed by atoms with van der Waals surface area (Å²) in [5.41, 5.74) is 5.78. The Morgan fingerprint density at radius 1 is 1.35 bits per heavy atom. The predicted molar refractivity (Wildman–Crippen MR) is 68.6 cm³/mol. The van der Waals surface area contributed by atoms with Gasteiger partial charge >= 0.3 is 0 Å². The molecule has 2 atom stereocenters. The number of hydrogen-bond acceptors (Lipinski definition) is 5. The number of ether oxygens (including phenoxy) is 1. The Labute approximate surface area is 116 Å². The molecule has 1 aromatic heterocycles. The van der Waals surface area contributed by atoms with Crippen LogP contribution < -0.4 is 5.73 Å². The molecule has 1 fully saturated rings. The molecule has 0 aromatic carbocycles. The molecule has 7 heteroatoms. The second-order valence-electron chi connectivity index (χ2n) is 5.15. The molecule has 0 aliphatic heterocycles. The van der Waals surface area contributed by atoms with Crippen molar-refractivity contribution in [1.29, 1.82) is 0 Å². The fraction of sp³-hybridized carbons (Fsp3) is 0.846. The third-order valence-electron chi connectivity index (χ3n) is 3.73. The fourth-order valence-electron chi connectivity index (χ4n) is 2.67. The maximum Gasteiger partial charge on any atom is 0.261 e. The summed E-state index contributed by atoms with van der Waals surface area (Å²) in [6, 6.07) is 0. The second kappa shape index (κ2) is 7.64. The molecule has 114 valence electrons. The van der Waals surface area contributed by atoms with Crippen molar-refractivity contribution >= 4 is 0 Å². The highest BCUT2D eigenvalue weighted by Crippen LogP contribution is 2.36. The Bertz CT molecular complexity index is 401. The predicted octanol–water partition coefficient (Wildman–Crippen LogP) is 2.13. The van der Waals surface area contributed by atoms with Gasteiger partial charge in [0.05, 0.1) is 6.61 Å². The largest absolute Gasteiger partial charge is 0.375 e. The van der Waals surface area contributed by atoms with E-state index in [0.717, 1.165) is 19.3 Å². The average molecular weight is 289 g/mol. The van der Waals surface area contributed by atoms with Crippen molar-refractivity contribution in [1.82, 2.24) is 10.1 Å². The second-order valence-corrected chi connectivity index (χ2v) is 5.15. The van der Waals surface area contributed by atoms with Crippen LogP contribution in [0, 0.1) is 5.92 Å². The number of alkyl halides is 2. The summed E-state index contributed by atoms with van der Waals surface area (Å²) in [7, 11) is 0. The number of nitrogens with zero attached hydrogens (tertiary/aromatic N) is 2. The molecule has 0 amide bonds. The Hall–Kier alpha value is -1.08. The minimum atomic E-state index is -2.44. The van der Waals surface area contributed by atoms with Gasteiger partial charge in [-0.05, 0) is 25.3 Å². The van der Waals surface area contributed by atoms with Gasteiger partial charge < -0.3 is 15.0 Å². The quantitative estimate of drug-likeness (QED) is 0.778. The highest BCUT2D eigenvalue weighted by Gasteiger charge is 2.29. The lowest BCUT2D eigenvalue weighted by Crippen LogP contribution is -2.25. The molecule has 5 nitrogen and oxygen atoms in total. The molecule has 20 heavy (non-hydrogen) atoms. The van der Waals surface area contributed by atoms with Gasteiger partial charge in [-0.3, -0.25) is 0 Å². The number of nitrogens with two attached hydrogens (primary N) is 1. The SMILES string of the molecule is NCC1CCCCC1c1nc(CCOCC(F)F)no1. The van der Waals surface area contributed by atoms with E-state index in [0.29, 0.717) is 30.6 Å². The first kappa shape index (κ1) is 15.3. The van der Waals surface area contributed by atoms with Crippen molar-refractivity contribution in [3.05, 3.63) is 11.7 Å². The lowest BCUT2D eigenvalue weighted by Gasteiger charge is -2.27. The lowest BCUT2D eigenvalue weighted by atomic mass is 9.79. The number of aromatic nitrogens is 2. The molecule has 2 rings (SSSR count). The molecule has 1 aliphatic carbocycles. The molecule has 0 radical (unpaired) electrons. The van der Waals surface area contributed by atoms with E-state index in [9.17, 15) is 8.78 Å². The summed E-state index contributed by atoms with van der Waals surface area (Å²) in [6.45, 7) is 0.247. The summed E-state index contributed by atoms with van der Waals surface area (Å²) in [5.74, 6) is 1.77. The van der Waals surface area contributed by atoms with E-state index in [1.807, 2.05) is 0 Å². The molecule has 2 unspecified atom stereocenters. The number of hydrogen-bond donors (Lipinski definition) is 1. The Morgan fingerprint density at radius 2 is 2.15 bits per heavy atom. The first-order chi connectivity index (χ1) is 9.70. The lowest BCUT2D eigenvalue weighted by molar-refractivity contribution is 0.0182. The summed E-state index contributed by atoms with van der Waals surface area (Å²) >= 11 is 0.